The van der Waals surface area contributed by atoms with Crippen LogP contribution in [0.25, 0.3) is 11.6 Å². The lowest BCUT2D eigenvalue weighted by molar-refractivity contribution is 0.375. The van der Waals surface area contributed by atoms with E-state index < -0.39 is 0 Å². The number of aryl methyl sites for hydroxylation is 1. The zero-order chi connectivity index (χ0) is 9.80. The minimum Gasteiger partial charge on any atom is -0.339 e. The molecular weight excluding hydrogens is 182 g/mol. The molecule has 0 aliphatic carbocycles. The van der Waals surface area contributed by atoms with Gasteiger partial charge in [0.1, 0.15) is 6.33 Å². The average Bonchev–Trinajstić information content (AvgIpc) is 2.85. The summed E-state index contributed by atoms with van der Waals surface area (Å²) < 4.78 is 5.04. The van der Waals surface area contributed by atoms with Gasteiger partial charge in [0, 0.05) is 6.42 Å². The van der Waals surface area contributed by atoms with Gasteiger partial charge in [-0.1, -0.05) is 18.5 Å². The molecular formula is C8H11N5O. The van der Waals surface area contributed by atoms with Crippen molar-refractivity contribution >= 4 is 0 Å². The molecule has 0 spiro atoms. The normalized spacial score (nSPS) is 10.6. The van der Waals surface area contributed by atoms with E-state index in [0.717, 1.165) is 19.3 Å². The molecule has 2 aromatic rings. The van der Waals surface area contributed by atoms with Crippen LogP contribution in [0, 0.1) is 0 Å². The Hall–Kier alpha value is -1.72. The number of H-pyrrole nitrogens is 1. The van der Waals surface area contributed by atoms with Crippen LogP contribution in [-0.4, -0.2) is 25.3 Å². The Balaban J connectivity index is 2.10. The molecule has 0 aromatic carbocycles. The van der Waals surface area contributed by atoms with E-state index in [9.17, 15) is 0 Å². The maximum Gasteiger partial charge on any atom is 0.239 e. The van der Waals surface area contributed by atoms with E-state index in [1.54, 1.807) is 0 Å². The number of aromatic amines is 1. The molecule has 0 aliphatic heterocycles. The van der Waals surface area contributed by atoms with Gasteiger partial charge in [-0.2, -0.15) is 10.1 Å². The minimum absolute atomic E-state index is 0.466. The summed E-state index contributed by atoms with van der Waals surface area (Å²) in [6.07, 6.45) is 4.40. The number of rotatable bonds is 4. The van der Waals surface area contributed by atoms with Gasteiger partial charge in [0.15, 0.2) is 5.82 Å². The van der Waals surface area contributed by atoms with Crippen molar-refractivity contribution in [3.8, 4) is 11.6 Å². The molecule has 0 amide bonds. The first kappa shape index (κ1) is 8.86. The largest absolute Gasteiger partial charge is 0.339 e. The van der Waals surface area contributed by atoms with Gasteiger partial charge in [-0.25, -0.2) is 4.98 Å². The van der Waals surface area contributed by atoms with Crippen molar-refractivity contribution in [1.82, 2.24) is 25.3 Å². The van der Waals surface area contributed by atoms with Crippen molar-refractivity contribution in [1.29, 1.82) is 0 Å². The number of hydrogen-bond acceptors (Lipinski definition) is 5. The van der Waals surface area contributed by atoms with Crippen molar-refractivity contribution in [3.63, 3.8) is 0 Å². The SMILES string of the molecule is CCCCc1nc(-c2ncn[nH]2)no1. The molecule has 6 nitrogen and oxygen atoms in total. The molecule has 0 bridgehead atoms. The summed E-state index contributed by atoms with van der Waals surface area (Å²) in [5.74, 6) is 1.66. The number of hydrogen-bond donors (Lipinski definition) is 1. The summed E-state index contributed by atoms with van der Waals surface area (Å²) >= 11 is 0. The first-order valence-electron chi connectivity index (χ1n) is 4.58. The molecule has 0 atom stereocenters. The second-order valence-electron chi connectivity index (χ2n) is 2.95. The highest BCUT2D eigenvalue weighted by atomic mass is 16.5. The van der Waals surface area contributed by atoms with E-state index in [1.165, 1.54) is 6.33 Å². The Morgan fingerprint density at radius 2 is 2.43 bits per heavy atom. The highest BCUT2D eigenvalue weighted by Gasteiger charge is 2.09. The van der Waals surface area contributed by atoms with Crippen LogP contribution in [0.5, 0.6) is 0 Å². The highest BCUT2D eigenvalue weighted by Crippen LogP contribution is 2.10. The maximum absolute atomic E-state index is 5.04. The molecule has 2 heterocycles. The van der Waals surface area contributed by atoms with Crippen molar-refractivity contribution in [2.24, 2.45) is 0 Å². The molecule has 0 fully saturated rings. The van der Waals surface area contributed by atoms with E-state index in [-0.39, 0.29) is 0 Å². The second-order valence-corrected chi connectivity index (χ2v) is 2.95. The van der Waals surface area contributed by atoms with Gasteiger partial charge in [0.2, 0.25) is 11.7 Å². The third kappa shape index (κ3) is 1.78. The molecule has 6 heteroatoms. The second kappa shape index (κ2) is 3.99. The Kier molecular flexibility index (Phi) is 2.53. The fourth-order valence-corrected chi connectivity index (χ4v) is 1.09. The molecule has 0 radical (unpaired) electrons. The monoisotopic (exact) mass is 193 g/mol. The van der Waals surface area contributed by atoms with Crippen molar-refractivity contribution in [2.75, 3.05) is 0 Å². The van der Waals surface area contributed by atoms with Crippen molar-refractivity contribution in [2.45, 2.75) is 26.2 Å². The number of aromatic nitrogens is 5. The molecule has 0 unspecified atom stereocenters. The molecule has 74 valence electrons. The minimum atomic E-state index is 0.466. The van der Waals surface area contributed by atoms with Crippen LogP contribution in [-0.2, 0) is 6.42 Å². The Morgan fingerprint density at radius 1 is 1.50 bits per heavy atom. The van der Waals surface area contributed by atoms with Crippen LogP contribution in [0.1, 0.15) is 25.7 Å². The lowest BCUT2D eigenvalue weighted by Gasteiger charge is -1.87. The standard InChI is InChI=1S/C8H11N5O/c1-2-3-4-6-11-8(13-14-6)7-9-5-10-12-7/h5H,2-4H2,1H3,(H,9,10,12). The average molecular weight is 193 g/mol. The summed E-state index contributed by atoms with van der Waals surface area (Å²) in [6, 6.07) is 0. The van der Waals surface area contributed by atoms with E-state index >= 15 is 0 Å². The third-order valence-electron chi connectivity index (χ3n) is 1.84. The smallest absolute Gasteiger partial charge is 0.239 e. The predicted molar refractivity (Wildman–Crippen MR) is 48.3 cm³/mol. The van der Waals surface area contributed by atoms with Gasteiger partial charge in [0.05, 0.1) is 0 Å². The van der Waals surface area contributed by atoms with Gasteiger partial charge in [-0.3, -0.25) is 5.10 Å². The van der Waals surface area contributed by atoms with Crippen molar-refractivity contribution in [3.05, 3.63) is 12.2 Å². The fraction of sp³-hybridized carbons (Fsp3) is 0.500. The molecule has 1 N–H and O–H groups in total. The molecule has 14 heavy (non-hydrogen) atoms. The summed E-state index contributed by atoms with van der Waals surface area (Å²) in [7, 11) is 0. The zero-order valence-electron chi connectivity index (χ0n) is 7.90. The number of nitrogens with one attached hydrogen (secondary N) is 1. The summed E-state index contributed by atoms with van der Waals surface area (Å²) in [5, 5.41) is 10.2. The van der Waals surface area contributed by atoms with Gasteiger partial charge >= 0.3 is 0 Å². The van der Waals surface area contributed by atoms with Crippen LogP contribution < -0.4 is 0 Å². The first-order chi connectivity index (χ1) is 6.90. The zero-order valence-corrected chi connectivity index (χ0v) is 7.90. The first-order valence-corrected chi connectivity index (χ1v) is 4.58. The highest BCUT2D eigenvalue weighted by molar-refractivity contribution is 5.39. The van der Waals surface area contributed by atoms with Gasteiger partial charge in [0.25, 0.3) is 0 Å². The van der Waals surface area contributed by atoms with Crippen LogP contribution in [0.15, 0.2) is 10.9 Å². The van der Waals surface area contributed by atoms with E-state index in [4.69, 9.17) is 4.52 Å². The Morgan fingerprint density at radius 3 is 3.14 bits per heavy atom. The molecule has 0 aliphatic rings. The van der Waals surface area contributed by atoms with Gasteiger partial charge in [-0.05, 0) is 6.42 Å². The topological polar surface area (TPSA) is 80.5 Å². The maximum atomic E-state index is 5.04. The Labute approximate surface area is 80.8 Å². The van der Waals surface area contributed by atoms with Crippen molar-refractivity contribution < 1.29 is 4.52 Å². The van der Waals surface area contributed by atoms with Crippen LogP contribution in [0.3, 0.4) is 0 Å². The van der Waals surface area contributed by atoms with Crippen LogP contribution in [0.2, 0.25) is 0 Å². The molecule has 0 saturated carbocycles. The van der Waals surface area contributed by atoms with E-state index in [1.807, 2.05) is 0 Å². The number of nitrogens with zero attached hydrogens (tertiary/aromatic N) is 4. The van der Waals surface area contributed by atoms with Crippen LogP contribution >= 0.6 is 0 Å². The fourth-order valence-electron chi connectivity index (χ4n) is 1.09. The predicted octanol–water partition coefficient (Wildman–Crippen LogP) is 1.20. The summed E-state index contributed by atoms with van der Waals surface area (Å²) in [5.41, 5.74) is 0. The number of unbranched alkanes of at least 4 members (excludes halogenated alkanes) is 1. The lowest BCUT2D eigenvalue weighted by Crippen LogP contribution is -1.86. The van der Waals surface area contributed by atoms with Gasteiger partial charge in [-0.15, -0.1) is 0 Å². The van der Waals surface area contributed by atoms with Crippen LogP contribution in [0.4, 0.5) is 0 Å². The molecule has 2 aromatic heterocycles. The summed E-state index contributed by atoms with van der Waals surface area (Å²) in [4.78, 5) is 8.11. The summed E-state index contributed by atoms with van der Waals surface area (Å²) in [6.45, 7) is 2.12. The van der Waals surface area contributed by atoms with E-state index in [0.29, 0.717) is 17.5 Å². The third-order valence-corrected chi connectivity index (χ3v) is 1.84. The van der Waals surface area contributed by atoms with E-state index in [2.05, 4.69) is 32.2 Å². The quantitative estimate of drug-likeness (QED) is 0.788. The van der Waals surface area contributed by atoms with Gasteiger partial charge < -0.3 is 4.52 Å². The Bertz CT molecular complexity index is 380. The molecule has 0 saturated heterocycles. The molecule has 2 rings (SSSR count). The lowest BCUT2D eigenvalue weighted by atomic mass is 10.2.